The van der Waals surface area contributed by atoms with E-state index in [0.29, 0.717) is 5.76 Å². The van der Waals surface area contributed by atoms with E-state index in [4.69, 9.17) is 4.42 Å². The standard InChI is InChI=1S/C15H15F2NO3/c16-11-5-3-10(12(17)8-11)4-6-15(20)18-13(9-19)14-2-1-7-21-14/h1-3,5,7-8,13,19H,4,6,9H2,(H,18,20). The Labute approximate surface area is 120 Å². The molecule has 112 valence electrons. The van der Waals surface area contributed by atoms with Gasteiger partial charge in [-0.2, -0.15) is 0 Å². The van der Waals surface area contributed by atoms with E-state index in [2.05, 4.69) is 5.32 Å². The molecule has 21 heavy (non-hydrogen) atoms. The number of furan rings is 1. The van der Waals surface area contributed by atoms with Crippen molar-refractivity contribution in [2.24, 2.45) is 0 Å². The zero-order chi connectivity index (χ0) is 15.2. The molecule has 6 heteroatoms. The van der Waals surface area contributed by atoms with Crippen LogP contribution >= 0.6 is 0 Å². The molecule has 4 nitrogen and oxygen atoms in total. The second kappa shape index (κ2) is 6.99. The van der Waals surface area contributed by atoms with E-state index in [-0.39, 0.29) is 30.9 Å². The van der Waals surface area contributed by atoms with E-state index < -0.39 is 17.7 Å². The van der Waals surface area contributed by atoms with E-state index in [0.717, 1.165) is 12.1 Å². The molecular weight excluding hydrogens is 280 g/mol. The number of nitrogens with one attached hydrogen (secondary N) is 1. The summed E-state index contributed by atoms with van der Waals surface area (Å²) in [5, 5.41) is 11.8. The van der Waals surface area contributed by atoms with Crippen molar-refractivity contribution in [2.45, 2.75) is 18.9 Å². The highest BCUT2D eigenvalue weighted by atomic mass is 19.1. The highest BCUT2D eigenvalue weighted by molar-refractivity contribution is 5.76. The van der Waals surface area contributed by atoms with Gasteiger partial charge in [0.1, 0.15) is 23.4 Å². The molecule has 1 amide bonds. The average molecular weight is 295 g/mol. The number of aliphatic hydroxyl groups is 1. The molecule has 0 aliphatic heterocycles. The summed E-state index contributed by atoms with van der Waals surface area (Å²) in [6.45, 7) is -0.301. The van der Waals surface area contributed by atoms with Crippen LogP contribution in [0.25, 0.3) is 0 Å². The summed E-state index contributed by atoms with van der Waals surface area (Å²) in [4.78, 5) is 11.8. The topological polar surface area (TPSA) is 62.5 Å². The number of hydrogen-bond donors (Lipinski definition) is 2. The first kappa shape index (κ1) is 15.2. The average Bonchev–Trinajstić information content (AvgIpc) is 2.98. The molecule has 0 aliphatic rings. The number of halogens is 2. The minimum atomic E-state index is -0.674. The first-order chi connectivity index (χ1) is 10.1. The van der Waals surface area contributed by atoms with Crippen molar-refractivity contribution < 1.29 is 23.1 Å². The number of aliphatic hydroxyl groups excluding tert-OH is 1. The van der Waals surface area contributed by atoms with Gasteiger partial charge in [0.15, 0.2) is 0 Å². The van der Waals surface area contributed by atoms with Crippen molar-refractivity contribution in [1.82, 2.24) is 5.32 Å². The molecule has 0 fully saturated rings. The van der Waals surface area contributed by atoms with Gasteiger partial charge in [-0.25, -0.2) is 8.78 Å². The fourth-order valence-corrected chi connectivity index (χ4v) is 1.94. The van der Waals surface area contributed by atoms with Crippen molar-refractivity contribution in [3.63, 3.8) is 0 Å². The SMILES string of the molecule is O=C(CCc1ccc(F)cc1F)NC(CO)c1ccco1. The zero-order valence-electron chi connectivity index (χ0n) is 11.2. The molecule has 1 atom stereocenters. The minimum absolute atomic E-state index is 0.0275. The summed E-state index contributed by atoms with van der Waals surface area (Å²) in [6, 6.07) is 5.90. The minimum Gasteiger partial charge on any atom is -0.467 e. The highest BCUT2D eigenvalue weighted by Crippen LogP contribution is 2.14. The fraction of sp³-hybridized carbons (Fsp3) is 0.267. The second-order valence-corrected chi connectivity index (χ2v) is 4.55. The summed E-state index contributed by atoms with van der Waals surface area (Å²) < 4.78 is 31.3. The number of amides is 1. The predicted molar refractivity (Wildman–Crippen MR) is 71.4 cm³/mol. The van der Waals surface area contributed by atoms with Crippen LogP contribution in [0.4, 0.5) is 8.78 Å². The first-order valence-corrected chi connectivity index (χ1v) is 6.47. The third-order valence-corrected chi connectivity index (χ3v) is 3.04. The van der Waals surface area contributed by atoms with E-state index >= 15 is 0 Å². The summed E-state index contributed by atoms with van der Waals surface area (Å²) in [6.07, 6.45) is 1.62. The Balaban J connectivity index is 1.89. The molecule has 0 aliphatic carbocycles. The van der Waals surface area contributed by atoms with Gasteiger partial charge < -0.3 is 14.8 Å². The maximum absolute atomic E-state index is 13.4. The monoisotopic (exact) mass is 295 g/mol. The third kappa shape index (κ3) is 4.13. The Morgan fingerprint density at radius 3 is 2.76 bits per heavy atom. The van der Waals surface area contributed by atoms with Crippen molar-refractivity contribution in [3.05, 3.63) is 59.6 Å². The van der Waals surface area contributed by atoms with Gasteiger partial charge in [-0.1, -0.05) is 6.07 Å². The lowest BCUT2D eigenvalue weighted by Crippen LogP contribution is -2.30. The van der Waals surface area contributed by atoms with Crippen LogP contribution in [-0.2, 0) is 11.2 Å². The van der Waals surface area contributed by atoms with Gasteiger partial charge >= 0.3 is 0 Å². The summed E-state index contributed by atoms with van der Waals surface area (Å²) in [7, 11) is 0. The van der Waals surface area contributed by atoms with Crippen molar-refractivity contribution >= 4 is 5.91 Å². The van der Waals surface area contributed by atoms with Crippen LogP contribution < -0.4 is 5.32 Å². The van der Waals surface area contributed by atoms with Crippen LogP contribution in [-0.4, -0.2) is 17.6 Å². The third-order valence-electron chi connectivity index (χ3n) is 3.04. The van der Waals surface area contributed by atoms with Gasteiger partial charge in [-0.05, 0) is 30.2 Å². The Kier molecular flexibility index (Phi) is 5.05. The van der Waals surface area contributed by atoms with E-state index in [9.17, 15) is 18.7 Å². The lowest BCUT2D eigenvalue weighted by Gasteiger charge is -2.14. The Bertz CT molecular complexity index is 599. The van der Waals surface area contributed by atoms with Crippen LogP contribution in [0.2, 0.25) is 0 Å². The van der Waals surface area contributed by atoms with E-state index in [1.165, 1.54) is 12.3 Å². The lowest BCUT2D eigenvalue weighted by molar-refractivity contribution is -0.122. The van der Waals surface area contributed by atoms with Gasteiger partial charge in [0.2, 0.25) is 5.91 Å². The molecular formula is C15H15F2NO3. The summed E-state index contributed by atoms with van der Waals surface area (Å²) >= 11 is 0. The molecule has 1 aromatic carbocycles. The number of carbonyl (C=O) groups excluding carboxylic acids is 1. The van der Waals surface area contributed by atoms with Crippen LogP contribution in [0.15, 0.2) is 41.0 Å². The number of benzene rings is 1. The van der Waals surface area contributed by atoms with Crippen LogP contribution in [0.5, 0.6) is 0 Å². The Hall–Kier alpha value is -2.21. The number of carbonyl (C=O) groups is 1. The lowest BCUT2D eigenvalue weighted by atomic mass is 10.1. The van der Waals surface area contributed by atoms with E-state index in [1.54, 1.807) is 12.1 Å². The van der Waals surface area contributed by atoms with Gasteiger partial charge in [-0.15, -0.1) is 0 Å². The highest BCUT2D eigenvalue weighted by Gasteiger charge is 2.16. The molecule has 2 rings (SSSR count). The van der Waals surface area contributed by atoms with Crippen LogP contribution in [0.3, 0.4) is 0 Å². The molecule has 1 aromatic heterocycles. The smallest absolute Gasteiger partial charge is 0.220 e. The number of aryl methyl sites for hydroxylation is 1. The maximum atomic E-state index is 13.4. The van der Waals surface area contributed by atoms with E-state index in [1.807, 2.05) is 0 Å². The molecule has 2 aromatic rings. The van der Waals surface area contributed by atoms with Crippen molar-refractivity contribution in [2.75, 3.05) is 6.61 Å². The van der Waals surface area contributed by atoms with Crippen LogP contribution in [0.1, 0.15) is 23.8 Å². The molecule has 0 radical (unpaired) electrons. The summed E-state index contributed by atoms with van der Waals surface area (Å²) in [5.74, 6) is -1.24. The second-order valence-electron chi connectivity index (χ2n) is 4.55. The first-order valence-electron chi connectivity index (χ1n) is 6.47. The molecule has 0 saturated carbocycles. The number of hydrogen-bond acceptors (Lipinski definition) is 3. The zero-order valence-corrected chi connectivity index (χ0v) is 11.2. The quantitative estimate of drug-likeness (QED) is 0.860. The Morgan fingerprint density at radius 2 is 2.14 bits per heavy atom. The van der Waals surface area contributed by atoms with Gasteiger partial charge in [0.05, 0.1) is 12.9 Å². The molecule has 0 bridgehead atoms. The van der Waals surface area contributed by atoms with Crippen molar-refractivity contribution in [3.8, 4) is 0 Å². The Morgan fingerprint density at radius 1 is 1.33 bits per heavy atom. The van der Waals surface area contributed by atoms with Crippen LogP contribution in [0, 0.1) is 11.6 Å². The molecule has 2 N–H and O–H groups in total. The summed E-state index contributed by atoms with van der Waals surface area (Å²) in [5.41, 5.74) is 0.269. The van der Waals surface area contributed by atoms with Gasteiger partial charge in [0, 0.05) is 12.5 Å². The molecule has 1 unspecified atom stereocenters. The number of rotatable bonds is 6. The van der Waals surface area contributed by atoms with Crippen molar-refractivity contribution in [1.29, 1.82) is 0 Å². The maximum Gasteiger partial charge on any atom is 0.220 e. The molecule has 1 heterocycles. The molecule has 0 spiro atoms. The van der Waals surface area contributed by atoms with Gasteiger partial charge in [0.25, 0.3) is 0 Å². The predicted octanol–water partition coefficient (Wildman–Crippen LogP) is 2.34. The fourth-order valence-electron chi connectivity index (χ4n) is 1.94. The normalized spacial score (nSPS) is 12.1. The van der Waals surface area contributed by atoms with Gasteiger partial charge in [-0.3, -0.25) is 4.79 Å². The largest absolute Gasteiger partial charge is 0.467 e. The molecule has 0 saturated heterocycles.